The van der Waals surface area contributed by atoms with E-state index >= 15 is 0 Å². The van der Waals surface area contributed by atoms with Gasteiger partial charge in [0.25, 0.3) is 5.56 Å². The van der Waals surface area contributed by atoms with Crippen molar-refractivity contribution in [2.24, 2.45) is 7.05 Å². The molecule has 1 N–H and O–H groups in total. The Morgan fingerprint density at radius 2 is 1.94 bits per heavy atom. The molecular formula is C13H14N2O2. The second-order valence-electron chi connectivity index (χ2n) is 3.95. The van der Waals surface area contributed by atoms with Gasteiger partial charge < -0.3 is 5.11 Å². The molecule has 2 rings (SSSR count). The third-order valence-corrected chi connectivity index (χ3v) is 2.62. The van der Waals surface area contributed by atoms with E-state index in [-0.39, 0.29) is 5.56 Å². The monoisotopic (exact) mass is 230 g/mol. The van der Waals surface area contributed by atoms with Crippen molar-refractivity contribution in [3.05, 3.63) is 52.3 Å². The SMILES string of the molecule is CC(O)c1cc(=O)n(C)nc1-c1ccccc1. The Balaban J connectivity index is 2.68. The number of hydrogen-bond donors (Lipinski definition) is 1. The fourth-order valence-corrected chi connectivity index (χ4v) is 1.69. The smallest absolute Gasteiger partial charge is 0.266 e. The van der Waals surface area contributed by atoms with Crippen molar-refractivity contribution in [2.45, 2.75) is 13.0 Å². The Morgan fingerprint density at radius 3 is 2.53 bits per heavy atom. The maximum Gasteiger partial charge on any atom is 0.266 e. The highest BCUT2D eigenvalue weighted by Gasteiger charge is 2.13. The number of aliphatic hydroxyl groups excluding tert-OH is 1. The summed E-state index contributed by atoms with van der Waals surface area (Å²) in [6, 6.07) is 10.9. The molecule has 1 unspecified atom stereocenters. The van der Waals surface area contributed by atoms with Gasteiger partial charge in [-0.05, 0) is 6.92 Å². The van der Waals surface area contributed by atoms with E-state index in [0.29, 0.717) is 11.3 Å². The number of hydrogen-bond acceptors (Lipinski definition) is 3. The molecule has 1 aromatic heterocycles. The number of rotatable bonds is 2. The lowest BCUT2D eigenvalue weighted by atomic mass is 10.0. The van der Waals surface area contributed by atoms with Crippen molar-refractivity contribution >= 4 is 0 Å². The third kappa shape index (κ3) is 2.26. The van der Waals surface area contributed by atoms with Crippen LogP contribution in [0.2, 0.25) is 0 Å². The third-order valence-electron chi connectivity index (χ3n) is 2.62. The highest BCUT2D eigenvalue weighted by molar-refractivity contribution is 5.62. The van der Waals surface area contributed by atoms with Crippen LogP contribution in [0.25, 0.3) is 11.3 Å². The van der Waals surface area contributed by atoms with Gasteiger partial charge in [-0.15, -0.1) is 0 Å². The van der Waals surface area contributed by atoms with E-state index in [4.69, 9.17) is 0 Å². The summed E-state index contributed by atoms with van der Waals surface area (Å²) in [5.74, 6) is 0. The fourth-order valence-electron chi connectivity index (χ4n) is 1.69. The molecule has 2 aromatic rings. The van der Waals surface area contributed by atoms with E-state index in [2.05, 4.69) is 5.10 Å². The van der Waals surface area contributed by atoms with Crippen LogP contribution >= 0.6 is 0 Å². The van der Waals surface area contributed by atoms with Crippen LogP contribution in [0.1, 0.15) is 18.6 Å². The zero-order chi connectivity index (χ0) is 12.4. The van der Waals surface area contributed by atoms with E-state index in [1.807, 2.05) is 30.3 Å². The van der Waals surface area contributed by atoms with Crippen molar-refractivity contribution in [3.63, 3.8) is 0 Å². The molecule has 0 radical (unpaired) electrons. The number of nitrogens with zero attached hydrogens (tertiary/aromatic N) is 2. The molecule has 0 saturated heterocycles. The maximum absolute atomic E-state index is 11.5. The zero-order valence-electron chi connectivity index (χ0n) is 9.79. The Hall–Kier alpha value is -1.94. The fraction of sp³-hybridized carbons (Fsp3) is 0.231. The highest BCUT2D eigenvalue weighted by Crippen LogP contribution is 2.24. The lowest BCUT2D eigenvalue weighted by Gasteiger charge is -2.11. The molecule has 0 amide bonds. The summed E-state index contributed by atoms with van der Waals surface area (Å²) in [5.41, 5.74) is 1.86. The Bertz CT molecular complexity index is 574. The van der Waals surface area contributed by atoms with Gasteiger partial charge in [0.1, 0.15) is 0 Å². The van der Waals surface area contributed by atoms with Crippen LogP contribution in [-0.2, 0) is 7.05 Å². The first-order valence-corrected chi connectivity index (χ1v) is 5.41. The maximum atomic E-state index is 11.5. The van der Waals surface area contributed by atoms with Crippen LogP contribution in [0.15, 0.2) is 41.2 Å². The lowest BCUT2D eigenvalue weighted by molar-refractivity contribution is 0.199. The second-order valence-corrected chi connectivity index (χ2v) is 3.95. The molecule has 0 aliphatic rings. The van der Waals surface area contributed by atoms with E-state index in [9.17, 15) is 9.90 Å². The highest BCUT2D eigenvalue weighted by atomic mass is 16.3. The Kier molecular flexibility index (Phi) is 3.06. The van der Waals surface area contributed by atoms with Gasteiger partial charge in [-0.2, -0.15) is 5.10 Å². The van der Waals surface area contributed by atoms with Crippen molar-refractivity contribution in [2.75, 3.05) is 0 Å². The minimum atomic E-state index is -0.716. The topological polar surface area (TPSA) is 55.1 Å². The van der Waals surface area contributed by atoms with E-state index in [1.165, 1.54) is 10.7 Å². The van der Waals surface area contributed by atoms with Gasteiger partial charge in [-0.3, -0.25) is 4.79 Å². The molecular weight excluding hydrogens is 216 g/mol. The van der Waals surface area contributed by atoms with Crippen LogP contribution in [0.4, 0.5) is 0 Å². The molecule has 0 spiro atoms. The number of aryl methyl sites for hydroxylation is 1. The quantitative estimate of drug-likeness (QED) is 0.850. The molecule has 0 aliphatic carbocycles. The summed E-state index contributed by atoms with van der Waals surface area (Å²) in [5, 5.41) is 13.9. The molecule has 17 heavy (non-hydrogen) atoms. The Labute approximate surface area is 99.2 Å². The summed E-state index contributed by atoms with van der Waals surface area (Å²) >= 11 is 0. The predicted octanol–water partition coefficient (Wildman–Crippen LogP) is 1.50. The van der Waals surface area contributed by atoms with Crippen LogP contribution in [-0.4, -0.2) is 14.9 Å². The van der Waals surface area contributed by atoms with Gasteiger partial charge in [0.2, 0.25) is 0 Å². The van der Waals surface area contributed by atoms with Crippen LogP contribution in [0.3, 0.4) is 0 Å². The second kappa shape index (κ2) is 4.51. The summed E-state index contributed by atoms with van der Waals surface area (Å²) in [7, 11) is 1.60. The first-order chi connectivity index (χ1) is 8.09. The van der Waals surface area contributed by atoms with Gasteiger partial charge in [0.05, 0.1) is 11.8 Å². The summed E-state index contributed by atoms with van der Waals surface area (Å²) in [4.78, 5) is 11.5. The zero-order valence-corrected chi connectivity index (χ0v) is 9.79. The van der Waals surface area contributed by atoms with Crippen LogP contribution in [0, 0.1) is 0 Å². The molecule has 1 atom stereocenters. The van der Waals surface area contributed by atoms with Crippen molar-refractivity contribution < 1.29 is 5.11 Å². The van der Waals surface area contributed by atoms with E-state index in [0.717, 1.165) is 5.56 Å². The first kappa shape index (κ1) is 11.5. The summed E-state index contributed by atoms with van der Waals surface area (Å²) < 4.78 is 1.27. The Morgan fingerprint density at radius 1 is 1.29 bits per heavy atom. The van der Waals surface area contributed by atoms with Crippen molar-refractivity contribution in [1.29, 1.82) is 0 Å². The molecule has 0 aliphatic heterocycles. The minimum Gasteiger partial charge on any atom is -0.389 e. The van der Waals surface area contributed by atoms with E-state index < -0.39 is 6.10 Å². The van der Waals surface area contributed by atoms with Gasteiger partial charge in [0.15, 0.2) is 0 Å². The molecule has 0 fully saturated rings. The number of aliphatic hydroxyl groups is 1. The lowest BCUT2D eigenvalue weighted by Crippen LogP contribution is -2.21. The van der Waals surface area contributed by atoms with Gasteiger partial charge in [-0.25, -0.2) is 4.68 Å². The van der Waals surface area contributed by atoms with Crippen LogP contribution < -0.4 is 5.56 Å². The van der Waals surface area contributed by atoms with Gasteiger partial charge in [0, 0.05) is 24.2 Å². The molecule has 1 aromatic carbocycles. The molecule has 1 heterocycles. The van der Waals surface area contributed by atoms with Crippen LogP contribution in [0.5, 0.6) is 0 Å². The van der Waals surface area contributed by atoms with Crippen molar-refractivity contribution in [3.8, 4) is 11.3 Å². The number of benzene rings is 1. The normalized spacial score (nSPS) is 12.4. The molecule has 4 heteroatoms. The molecule has 0 saturated carbocycles. The first-order valence-electron chi connectivity index (χ1n) is 5.41. The predicted molar refractivity (Wildman–Crippen MR) is 65.5 cm³/mol. The average molecular weight is 230 g/mol. The summed E-state index contributed by atoms with van der Waals surface area (Å²) in [6.07, 6.45) is -0.716. The summed E-state index contributed by atoms with van der Waals surface area (Å²) in [6.45, 7) is 1.63. The molecule has 0 bridgehead atoms. The van der Waals surface area contributed by atoms with Crippen molar-refractivity contribution in [1.82, 2.24) is 9.78 Å². The van der Waals surface area contributed by atoms with Gasteiger partial charge >= 0.3 is 0 Å². The standard InChI is InChI=1S/C13H14N2O2/c1-9(16)11-8-12(17)15(2)14-13(11)10-6-4-3-5-7-10/h3-9,16H,1-2H3. The average Bonchev–Trinajstić information content (AvgIpc) is 2.33. The molecule has 88 valence electrons. The van der Waals surface area contributed by atoms with E-state index in [1.54, 1.807) is 14.0 Å². The number of aromatic nitrogens is 2. The largest absolute Gasteiger partial charge is 0.389 e. The minimum absolute atomic E-state index is 0.222. The molecule has 4 nitrogen and oxygen atoms in total. The van der Waals surface area contributed by atoms with Gasteiger partial charge in [-0.1, -0.05) is 30.3 Å².